The second-order valence-corrected chi connectivity index (χ2v) is 7.28. The largest absolute Gasteiger partial charge is 0.350 e. The average molecular weight is 400 g/mol. The zero-order valence-electron chi connectivity index (χ0n) is 15.7. The molecule has 6 nitrogen and oxygen atoms in total. The zero-order chi connectivity index (χ0) is 20.1. The first-order chi connectivity index (χ1) is 13.4. The maximum absolute atomic E-state index is 12.4. The lowest BCUT2D eigenvalue weighted by Crippen LogP contribution is -2.55. The van der Waals surface area contributed by atoms with Gasteiger partial charge in [0.2, 0.25) is 5.91 Å². The van der Waals surface area contributed by atoms with E-state index < -0.39 is 11.8 Å². The molecular weight excluding hydrogens is 378 g/mol. The molecule has 7 heteroatoms. The van der Waals surface area contributed by atoms with Crippen LogP contribution >= 0.6 is 11.6 Å². The summed E-state index contributed by atoms with van der Waals surface area (Å²) in [5, 5.41) is 3.39. The van der Waals surface area contributed by atoms with E-state index in [-0.39, 0.29) is 12.5 Å². The number of piperazine rings is 1. The Bertz CT molecular complexity index is 883. The first-order valence-corrected chi connectivity index (χ1v) is 9.45. The van der Waals surface area contributed by atoms with Gasteiger partial charge in [-0.3, -0.25) is 14.4 Å². The number of aryl methyl sites for hydroxylation is 1. The highest BCUT2D eigenvalue weighted by Crippen LogP contribution is 2.12. The molecule has 0 spiro atoms. The van der Waals surface area contributed by atoms with Crippen molar-refractivity contribution in [1.29, 1.82) is 0 Å². The second kappa shape index (κ2) is 8.89. The lowest BCUT2D eigenvalue weighted by Gasteiger charge is -2.33. The third kappa shape index (κ3) is 5.10. The summed E-state index contributed by atoms with van der Waals surface area (Å²) in [5.41, 5.74) is 2.99. The van der Waals surface area contributed by atoms with Crippen LogP contribution in [-0.2, 0) is 27.5 Å². The van der Waals surface area contributed by atoms with Crippen molar-refractivity contribution < 1.29 is 14.4 Å². The molecule has 1 aliphatic rings. The van der Waals surface area contributed by atoms with Gasteiger partial charge in [0.15, 0.2) is 0 Å². The summed E-state index contributed by atoms with van der Waals surface area (Å²) < 4.78 is 0. The fourth-order valence-electron chi connectivity index (χ4n) is 3.08. The van der Waals surface area contributed by atoms with Gasteiger partial charge in [-0.2, -0.15) is 0 Å². The molecule has 0 radical (unpaired) electrons. The van der Waals surface area contributed by atoms with Crippen molar-refractivity contribution in [2.45, 2.75) is 20.0 Å². The Kier molecular flexibility index (Phi) is 6.31. The molecule has 1 N–H and O–H groups in total. The number of nitrogens with one attached hydrogen (secondary N) is 1. The molecule has 146 valence electrons. The van der Waals surface area contributed by atoms with Crippen LogP contribution in [0.2, 0.25) is 5.02 Å². The van der Waals surface area contributed by atoms with E-state index in [9.17, 15) is 14.4 Å². The van der Waals surface area contributed by atoms with Crippen molar-refractivity contribution in [2.24, 2.45) is 0 Å². The van der Waals surface area contributed by atoms with Crippen LogP contribution in [0, 0.1) is 6.92 Å². The minimum Gasteiger partial charge on any atom is -0.350 e. The van der Waals surface area contributed by atoms with Gasteiger partial charge in [0.05, 0.1) is 0 Å². The highest BCUT2D eigenvalue weighted by molar-refractivity contribution is 6.35. The number of hydrogen-bond acceptors (Lipinski definition) is 3. The van der Waals surface area contributed by atoms with Crippen molar-refractivity contribution in [2.75, 3.05) is 19.6 Å². The quantitative estimate of drug-likeness (QED) is 0.756. The summed E-state index contributed by atoms with van der Waals surface area (Å²) >= 11 is 5.84. The molecular formula is C21H22ClN3O3. The van der Waals surface area contributed by atoms with Crippen molar-refractivity contribution in [1.82, 2.24) is 15.1 Å². The summed E-state index contributed by atoms with van der Waals surface area (Å²) in [5.74, 6) is -1.51. The maximum Gasteiger partial charge on any atom is 0.312 e. The molecule has 2 aromatic carbocycles. The molecule has 2 aromatic rings. The zero-order valence-corrected chi connectivity index (χ0v) is 16.4. The Morgan fingerprint density at radius 3 is 2.39 bits per heavy atom. The molecule has 1 heterocycles. The van der Waals surface area contributed by atoms with Gasteiger partial charge in [-0.15, -0.1) is 0 Å². The Morgan fingerprint density at radius 2 is 1.68 bits per heavy atom. The maximum atomic E-state index is 12.4. The predicted octanol–water partition coefficient (Wildman–Crippen LogP) is 2.14. The molecule has 0 bridgehead atoms. The van der Waals surface area contributed by atoms with Crippen LogP contribution in [0.5, 0.6) is 0 Å². The number of rotatable bonds is 6. The molecule has 0 aromatic heterocycles. The Labute approximate surface area is 169 Å². The smallest absolute Gasteiger partial charge is 0.312 e. The molecule has 0 unspecified atom stereocenters. The SMILES string of the molecule is Cc1cccc(CN2CCN(CC(=O)NCc3ccc(Cl)cc3)C(=O)C2=O)c1. The highest BCUT2D eigenvalue weighted by atomic mass is 35.5. The van der Waals surface area contributed by atoms with Gasteiger partial charge < -0.3 is 15.1 Å². The minimum absolute atomic E-state index is 0.129. The lowest BCUT2D eigenvalue weighted by atomic mass is 10.1. The number of nitrogens with zero attached hydrogens (tertiary/aromatic N) is 2. The summed E-state index contributed by atoms with van der Waals surface area (Å²) in [6.45, 7) is 3.33. The summed E-state index contributed by atoms with van der Waals surface area (Å²) in [6.07, 6.45) is 0. The Morgan fingerprint density at radius 1 is 1.00 bits per heavy atom. The van der Waals surface area contributed by atoms with E-state index in [1.165, 1.54) is 9.80 Å². The summed E-state index contributed by atoms with van der Waals surface area (Å²) in [4.78, 5) is 39.8. The summed E-state index contributed by atoms with van der Waals surface area (Å²) in [7, 11) is 0. The molecule has 0 atom stereocenters. The van der Waals surface area contributed by atoms with Crippen molar-refractivity contribution >= 4 is 29.3 Å². The van der Waals surface area contributed by atoms with E-state index in [0.29, 0.717) is 31.2 Å². The number of halogens is 1. The first-order valence-electron chi connectivity index (χ1n) is 9.07. The number of hydrogen-bond donors (Lipinski definition) is 1. The van der Waals surface area contributed by atoms with Gasteiger partial charge in [0.1, 0.15) is 6.54 Å². The fourth-order valence-corrected chi connectivity index (χ4v) is 3.21. The standard InChI is InChI=1S/C21H22ClN3O3/c1-15-3-2-4-17(11-15)13-24-9-10-25(21(28)20(24)27)14-19(26)23-12-16-5-7-18(22)8-6-16/h2-8,11H,9-10,12-14H2,1H3,(H,23,26). The van der Waals surface area contributed by atoms with Crippen LogP contribution < -0.4 is 5.32 Å². The highest BCUT2D eigenvalue weighted by Gasteiger charge is 2.33. The van der Waals surface area contributed by atoms with Crippen molar-refractivity contribution in [3.05, 3.63) is 70.2 Å². The third-order valence-electron chi connectivity index (χ3n) is 4.59. The molecule has 1 saturated heterocycles. The van der Waals surface area contributed by atoms with Crippen LogP contribution in [-0.4, -0.2) is 47.2 Å². The Hall–Kier alpha value is -2.86. The monoisotopic (exact) mass is 399 g/mol. The van der Waals surface area contributed by atoms with Gasteiger partial charge >= 0.3 is 11.8 Å². The van der Waals surface area contributed by atoms with Crippen LogP contribution in [0.15, 0.2) is 48.5 Å². The third-order valence-corrected chi connectivity index (χ3v) is 4.84. The second-order valence-electron chi connectivity index (χ2n) is 6.85. The van der Waals surface area contributed by atoms with E-state index in [4.69, 9.17) is 11.6 Å². The molecule has 1 aliphatic heterocycles. The summed E-state index contributed by atoms with van der Waals surface area (Å²) in [6, 6.07) is 15.0. The first kappa shape index (κ1) is 19.9. The van der Waals surface area contributed by atoms with Crippen LogP contribution in [0.25, 0.3) is 0 Å². The molecule has 28 heavy (non-hydrogen) atoms. The fraction of sp³-hybridized carbons (Fsp3) is 0.286. The number of amides is 3. The molecule has 1 fully saturated rings. The van der Waals surface area contributed by atoms with Crippen molar-refractivity contribution in [3.8, 4) is 0 Å². The van der Waals surface area contributed by atoms with Crippen molar-refractivity contribution in [3.63, 3.8) is 0 Å². The van der Waals surface area contributed by atoms with Crippen LogP contribution in [0.1, 0.15) is 16.7 Å². The molecule has 3 rings (SSSR count). The lowest BCUT2D eigenvalue weighted by molar-refractivity contribution is -0.157. The van der Waals surface area contributed by atoms with E-state index >= 15 is 0 Å². The molecule has 3 amide bonds. The van der Waals surface area contributed by atoms with Gasteiger partial charge in [-0.25, -0.2) is 0 Å². The van der Waals surface area contributed by atoms with Crippen LogP contribution in [0.4, 0.5) is 0 Å². The topological polar surface area (TPSA) is 69.7 Å². The van der Waals surface area contributed by atoms with Gasteiger partial charge in [-0.1, -0.05) is 53.6 Å². The number of carbonyl (C=O) groups is 3. The van der Waals surface area contributed by atoms with E-state index in [1.54, 1.807) is 12.1 Å². The van der Waals surface area contributed by atoms with E-state index in [0.717, 1.165) is 16.7 Å². The molecule has 0 aliphatic carbocycles. The average Bonchev–Trinajstić information content (AvgIpc) is 2.67. The number of carbonyl (C=O) groups excluding carboxylic acids is 3. The Balaban J connectivity index is 1.51. The number of benzene rings is 2. The van der Waals surface area contributed by atoms with Crippen LogP contribution in [0.3, 0.4) is 0 Å². The van der Waals surface area contributed by atoms with Gasteiger partial charge in [0, 0.05) is 31.2 Å². The van der Waals surface area contributed by atoms with E-state index in [1.807, 2.05) is 43.3 Å². The van der Waals surface area contributed by atoms with E-state index in [2.05, 4.69) is 5.32 Å². The van der Waals surface area contributed by atoms with Gasteiger partial charge in [0.25, 0.3) is 0 Å². The minimum atomic E-state index is -0.638. The molecule has 0 saturated carbocycles. The van der Waals surface area contributed by atoms with Gasteiger partial charge in [-0.05, 0) is 30.2 Å². The normalized spacial score (nSPS) is 14.4. The predicted molar refractivity (Wildman–Crippen MR) is 106 cm³/mol.